The molecule has 0 bridgehead atoms. The van der Waals surface area contributed by atoms with Gasteiger partial charge in [0.1, 0.15) is 11.2 Å². The molecule has 2 aromatic heterocycles. The summed E-state index contributed by atoms with van der Waals surface area (Å²) in [5, 5.41) is 4.05. The maximum absolute atomic E-state index is 6.76. The zero-order valence-electron chi connectivity index (χ0n) is 32.5. The van der Waals surface area contributed by atoms with Crippen LogP contribution in [0.15, 0.2) is 223 Å². The first-order valence-electron chi connectivity index (χ1n) is 20.1. The van der Waals surface area contributed by atoms with Crippen molar-refractivity contribution in [1.82, 2.24) is 15.0 Å². The zero-order chi connectivity index (χ0) is 39.8. The number of para-hydroxylation sites is 2. The van der Waals surface area contributed by atoms with Crippen molar-refractivity contribution >= 4 is 49.8 Å². The monoisotopic (exact) mass is 768 g/mol. The van der Waals surface area contributed by atoms with Crippen LogP contribution in [0.2, 0.25) is 0 Å². The van der Waals surface area contributed by atoms with Gasteiger partial charge < -0.3 is 9.32 Å². The van der Waals surface area contributed by atoms with E-state index in [1.807, 2.05) is 78.9 Å². The van der Waals surface area contributed by atoms with E-state index in [2.05, 4.69) is 144 Å². The van der Waals surface area contributed by atoms with Crippen molar-refractivity contribution in [3.63, 3.8) is 0 Å². The second kappa shape index (κ2) is 15.0. The number of anilines is 3. The Balaban J connectivity index is 1.08. The van der Waals surface area contributed by atoms with Gasteiger partial charge in [0.25, 0.3) is 0 Å². The Hall–Kier alpha value is -8.15. The Morgan fingerprint density at radius 2 is 0.783 bits per heavy atom. The quantitative estimate of drug-likeness (QED) is 0.154. The molecular weight excluding hydrogens is 733 g/mol. The molecule has 5 nitrogen and oxygen atoms in total. The van der Waals surface area contributed by atoms with Gasteiger partial charge in [0.15, 0.2) is 17.5 Å². The van der Waals surface area contributed by atoms with E-state index in [0.29, 0.717) is 17.5 Å². The number of fused-ring (bicyclic) bond motifs is 5. The molecule has 5 heteroatoms. The summed E-state index contributed by atoms with van der Waals surface area (Å²) in [6.07, 6.45) is 0. The summed E-state index contributed by atoms with van der Waals surface area (Å²) >= 11 is 0. The van der Waals surface area contributed by atoms with E-state index in [9.17, 15) is 0 Å². The number of aromatic nitrogens is 3. The lowest BCUT2D eigenvalue weighted by molar-refractivity contribution is 0.673. The first kappa shape index (κ1) is 35.0. The molecule has 0 atom stereocenters. The van der Waals surface area contributed by atoms with Gasteiger partial charge in [-0.1, -0.05) is 170 Å². The van der Waals surface area contributed by atoms with Crippen LogP contribution >= 0.6 is 0 Å². The molecule has 0 saturated heterocycles. The number of hydrogen-bond acceptors (Lipinski definition) is 5. The fraction of sp³-hybridized carbons (Fsp3) is 0. The minimum Gasteiger partial charge on any atom is -0.455 e. The molecular formula is C55H36N4O. The molecule has 0 spiro atoms. The van der Waals surface area contributed by atoms with Gasteiger partial charge in [-0.15, -0.1) is 0 Å². The van der Waals surface area contributed by atoms with E-state index >= 15 is 0 Å². The molecule has 9 aromatic carbocycles. The van der Waals surface area contributed by atoms with E-state index in [4.69, 9.17) is 19.4 Å². The van der Waals surface area contributed by atoms with Crippen LogP contribution in [-0.4, -0.2) is 15.0 Å². The number of furan rings is 1. The lowest BCUT2D eigenvalue weighted by Gasteiger charge is -2.26. The minimum atomic E-state index is 0.601. The summed E-state index contributed by atoms with van der Waals surface area (Å²) in [4.78, 5) is 17.6. The molecule has 0 radical (unpaired) electrons. The van der Waals surface area contributed by atoms with Crippen LogP contribution in [0.5, 0.6) is 0 Å². The zero-order valence-corrected chi connectivity index (χ0v) is 32.5. The van der Waals surface area contributed by atoms with Gasteiger partial charge in [-0.2, -0.15) is 0 Å². The molecule has 60 heavy (non-hydrogen) atoms. The molecule has 0 unspecified atom stereocenters. The van der Waals surface area contributed by atoms with Crippen molar-refractivity contribution in [2.75, 3.05) is 4.90 Å². The highest BCUT2D eigenvalue weighted by Crippen LogP contribution is 2.44. The van der Waals surface area contributed by atoms with Crippen molar-refractivity contribution < 1.29 is 4.42 Å². The second-order valence-corrected chi connectivity index (χ2v) is 14.8. The van der Waals surface area contributed by atoms with E-state index in [1.54, 1.807) is 0 Å². The number of benzene rings is 9. The standard InChI is InChI=1S/C55H36N4O/c1-5-16-37(17-6-1)38-28-32-43(33-29-38)59(42-22-11-4-12-23-42)44-34-30-39(31-35-44)45-25-15-26-47-49(36-48-46-24-13-14-27-50(46)60-52(48)51(45)47)55-57-53(40-18-7-2-8-19-40)56-54(58-55)41-20-9-3-10-21-41/h1-36H. The van der Waals surface area contributed by atoms with Gasteiger partial charge >= 0.3 is 0 Å². The summed E-state index contributed by atoms with van der Waals surface area (Å²) in [5.41, 5.74) is 12.1. The number of rotatable bonds is 8. The summed E-state index contributed by atoms with van der Waals surface area (Å²) < 4.78 is 6.76. The summed E-state index contributed by atoms with van der Waals surface area (Å²) in [7, 11) is 0. The van der Waals surface area contributed by atoms with E-state index < -0.39 is 0 Å². The van der Waals surface area contributed by atoms with Crippen molar-refractivity contribution in [2.24, 2.45) is 0 Å². The fourth-order valence-corrected chi connectivity index (χ4v) is 8.24. The molecule has 0 amide bonds. The van der Waals surface area contributed by atoms with Crippen LogP contribution in [0.4, 0.5) is 17.1 Å². The molecule has 0 aliphatic carbocycles. The third-order valence-electron chi connectivity index (χ3n) is 11.1. The SMILES string of the molecule is c1ccc(-c2ccc(N(c3ccccc3)c3ccc(-c4cccc5c(-c6nc(-c7ccccc7)nc(-c7ccccc7)n6)cc6c7ccccc7oc6c45)cc3)cc2)cc1. The Morgan fingerprint density at radius 3 is 1.40 bits per heavy atom. The highest BCUT2D eigenvalue weighted by Gasteiger charge is 2.22. The normalized spacial score (nSPS) is 11.3. The Bertz CT molecular complexity index is 3220. The van der Waals surface area contributed by atoms with E-state index in [0.717, 1.165) is 77.6 Å². The molecule has 0 saturated carbocycles. The topological polar surface area (TPSA) is 55.1 Å². The summed E-state index contributed by atoms with van der Waals surface area (Å²) in [6.45, 7) is 0. The smallest absolute Gasteiger partial charge is 0.164 e. The fourth-order valence-electron chi connectivity index (χ4n) is 8.24. The third kappa shape index (κ3) is 6.35. The van der Waals surface area contributed by atoms with Crippen molar-refractivity contribution in [3.8, 4) is 56.4 Å². The highest BCUT2D eigenvalue weighted by molar-refractivity contribution is 6.22. The molecule has 0 aliphatic rings. The van der Waals surface area contributed by atoms with Crippen LogP contribution < -0.4 is 4.90 Å². The molecule has 0 aliphatic heterocycles. The van der Waals surface area contributed by atoms with Crippen molar-refractivity contribution in [2.45, 2.75) is 0 Å². The van der Waals surface area contributed by atoms with Crippen molar-refractivity contribution in [1.29, 1.82) is 0 Å². The molecule has 0 N–H and O–H groups in total. The molecule has 11 aromatic rings. The van der Waals surface area contributed by atoms with E-state index in [1.165, 1.54) is 11.1 Å². The van der Waals surface area contributed by atoms with Crippen LogP contribution in [0.3, 0.4) is 0 Å². The van der Waals surface area contributed by atoms with Gasteiger partial charge in [-0.05, 0) is 76.2 Å². The summed E-state index contributed by atoms with van der Waals surface area (Å²) in [6, 6.07) is 75.7. The number of hydrogen-bond donors (Lipinski definition) is 0. The maximum Gasteiger partial charge on any atom is 0.164 e. The first-order chi connectivity index (χ1) is 29.7. The van der Waals surface area contributed by atoms with Gasteiger partial charge in [0, 0.05) is 49.9 Å². The third-order valence-corrected chi connectivity index (χ3v) is 11.1. The number of nitrogens with zero attached hydrogens (tertiary/aromatic N) is 4. The largest absolute Gasteiger partial charge is 0.455 e. The molecule has 282 valence electrons. The Labute approximate surface area is 347 Å². The molecule has 2 heterocycles. The average molecular weight is 769 g/mol. The first-order valence-corrected chi connectivity index (χ1v) is 20.1. The Morgan fingerprint density at radius 1 is 0.317 bits per heavy atom. The van der Waals surface area contributed by atoms with Crippen LogP contribution in [-0.2, 0) is 0 Å². The van der Waals surface area contributed by atoms with E-state index in [-0.39, 0.29) is 0 Å². The van der Waals surface area contributed by atoms with Gasteiger partial charge in [0.2, 0.25) is 0 Å². The summed E-state index contributed by atoms with van der Waals surface area (Å²) in [5.74, 6) is 1.84. The van der Waals surface area contributed by atoms with Crippen LogP contribution in [0.1, 0.15) is 0 Å². The van der Waals surface area contributed by atoms with Gasteiger partial charge in [-0.3, -0.25) is 0 Å². The highest BCUT2D eigenvalue weighted by atomic mass is 16.3. The van der Waals surface area contributed by atoms with Crippen LogP contribution in [0, 0.1) is 0 Å². The predicted octanol–water partition coefficient (Wildman–Crippen LogP) is 14.7. The Kier molecular flexibility index (Phi) is 8.75. The molecule has 11 rings (SSSR count). The van der Waals surface area contributed by atoms with Gasteiger partial charge in [-0.25, -0.2) is 15.0 Å². The second-order valence-electron chi connectivity index (χ2n) is 14.8. The maximum atomic E-state index is 6.76. The lowest BCUT2D eigenvalue weighted by atomic mass is 9.93. The lowest BCUT2D eigenvalue weighted by Crippen LogP contribution is -2.09. The van der Waals surface area contributed by atoms with Gasteiger partial charge in [0.05, 0.1) is 0 Å². The van der Waals surface area contributed by atoms with Crippen molar-refractivity contribution in [3.05, 3.63) is 218 Å². The minimum absolute atomic E-state index is 0.601. The van der Waals surface area contributed by atoms with Crippen LogP contribution in [0.25, 0.3) is 89.1 Å². The average Bonchev–Trinajstić information content (AvgIpc) is 3.71. The molecule has 0 fully saturated rings. The predicted molar refractivity (Wildman–Crippen MR) is 246 cm³/mol.